The van der Waals surface area contributed by atoms with Crippen LogP contribution in [-0.2, 0) is 4.79 Å². The summed E-state index contributed by atoms with van der Waals surface area (Å²) >= 11 is 0. The third-order valence-electron chi connectivity index (χ3n) is 3.26. The van der Waals surface area contributed by atoms with Gasteiger partial charge < -0.3 is 10.4 Å². The maximum Gasteiger partial charge on any atom is 0.329 e. The monoisotopic (exact) mass is 251 g/mol. The zero-order valence-electron chi connectivity index (χ0n) is 9.84. The molecule has 2 N–H and O–H groups in total. The lowest BCUT2D eigenvalue weighted by atomic mass is 9.77. The van der Waals surface area contributed by atoms with Crippen molar-refractivity contribution in [2.45, 2.75) is 31.7 Å². The lowest BCUT2D eigenvalue weighted by molar-refractivity contribution is -0.385. The molecule has 1 aromatic heterocycles. The van der Waals surface area contributed by atoms with E-state index in [4.69, 9.17) is 5.11 Å². The Morgan fingerprint density at radius 3 is 2.72 bits per heavy atom. The highest BCUT2D eigenvalue weighted by molar-refractivity contribution is 5.83. The van der Waals surface area contributed by atoms with E-state index in [1.807, 2.05) is 0 Å². The molecule has 0 aromatic carbocycles. The number of rotatable bonds is 4. The normalized spacial score (nSPS) is 16.7. The van der Waals surface area contributed by atoms with Gasteiger partial charge in [-0.2, -0.15) is 0 Å². The first-order valence-corrected chi connectivity index (χ1v) is 5.57. The van der Waals surface area contributed by atoms with E-state index in [0.717, 1.165) is 6.42 Å². The molecule has 0 aliphatic heterocycles. The molecule has 1 aliphatic carbocycles. The first kappa shape index (κ1) is 12.3. The second-order valence-electron chi connectivity index (χ2n) is 4.48. The molecule has 1 heterocycles. The van der Waals surface area contributed by atoms with Crippen LogP contribution in [0.1, 0.15) is 24.8 Å². The molecule has 1 aromatic rings. The largest absolute Gasteiger partial charge is 0.480 e. The number of carboxylic acids is 1. The third-order valence-corrected chi connectivity index (χ3v) is 3.26. The van der Waals surface area contributed by atoms with E-state index < -0.39 is 16.4 Å². The number of aliphatic carboxylic acids is 1. The molecule has 0 radical (unpaired) electrons. The molecular formula is C11H13N3O4. The van der Waals surface area contributed by atoms with Crippen LogP contribution in [0.2, 0.25) is 0 Å². The van der Waals surface area contributed by atoms with Crippen LogP contribution < -0.4 is 5.32 Å². The standard InChI is InChI=1S/C11H13N3O4/c1-7-6-12-9(5-8(7)14(17)18)13-11(10(15)16)3-2-4-11/h5-6H,2-4H2,1H3,(H,12,13)(H,15,16). The van der Waals surface area contributed by atoms with Crippen molar-refractivity contribution in [2.24, 2.45) is 0 Å². The maximum atomic E-state index is 11.2. The minimum absolute atomic E-state index is 0.0626. The van der Waals surface area contributed by atoms with Gasteiger partial charge in [-0.05, 0) is 26.2 Å². The van der Waals surface area contributed by atoms with E-state index >= 15 is 0 Å². The average Bonchev–Trinajstić information content (AvgIpc) is 2.24. The summed E-state index contributed by atoms with van der Waals surface area (Å²) in [4.78, 5) is 25.4. The van der Waals surface area contributed by atoms with Gasteiger partial charge in [0.05, 0.1) is 11.0 Å². The molecule has 7 nitrogen and oxygen atoms in total. The molecule has 0 spiro atoms. The van der Waals surface area contributed by atoms with E-state index in [1.54, 1.807) is 6.92 Å². The van der Waals surface area contributed by atoms with Crippen molar-refractivity contribution in [3.05, 3.63) is 27.9 Å². The molecule has 2 rings (SSSR count). The van der Waals surface area contributed by atoms with E-state index in [2.05, 4.69) is 10.3 Å². The summed E-state index contributed by atoms with van der Waals surface area (Å²) in [6, 6.07) is 1.28. The summed E-state index contributed by atoms with van der Waals surface area (Å²) in [7, 11) is 0. The number of carbonyl (C=O) groups is 1. The number of aromatic nitrogens is 1. The first-order chi connectivity index (χ1) is 8.44. The van der Waals surface area contributed by atoms with Gasteiger partial charge in [-0.25, -0.2) is 9.78 Å². The zero-order valence-corrected chi connectivity index (χ0v) is 9.84. The van der Waals surface area contributed by atoms with Gasteiger partial charge >= 0.3 is 5.97 Å². The molecule has 0 unspecified atom stereocenters. The topological polar surface area (TPSA) is 105 Å². The molecule has 1 fully saturated rings. The number of nitrogens with one attached hydrogen (secondary N) is 1. The Balaban J connectivity index is 2.27. The predicted molar refractivity (Wildman–Crippen MR) is 63.5 cm³/mol. The van der Waals surface area contributed by atoms with E-state index in [9.17, 15) is 14.9 Å². The lowest BCUT2D eigenvalue weighted by Gasteiger charge is -2.38. The molecular weight excluding hydrogens is 238 g/mol. The Kier molecular flexibility index (Phi) is 2.90. The van der Waals surface area contributed by atoms with E-state index in [-0.39, 0.29) is 11.5 Å². The predicted octanol–water partition coefficient (Wildman–Crippen LogP) is 1.72. The quantitative estimate of drug-likeness (QED) is 0.623. The number of nitro groups is 1. The van der Waals surface area contributed by atoms with Crippen LogP contribution >= 0.6 is 0 Å². The van der Waals surface area contributed by atoms with Gasteiger partial charge in [-0.1, -0.05) is 0 Å². The number of aryl methyl sites for hydroxylation is 1. The highest BCUT2D eigenvalue weighted by Crippen LogP contribution is 2.35. The summed E-state index contributed by atoms with van der Waals surface area (Å²) in [6.45, 7) is 1.59. The Hall–Kier alpha value is -2.18. The minimum atomic E-state index is -1.02. The first-order valence-electron chi connectivity index (χ1n) is 5.57. The van der Waals surface area contributed by atoms with Crippen LogP contribution in [-0.4, -0.2) is 26.5 Å². The van der Waals surface area contributed by atoms with Gasteiger partial charge in [0.1, 0.15) is 11.4 Å². The lowest BCUT2D eigenvalue weighted by Crippen LogP contribution is -2.52. The second-order valence-corrected chi connectivity index (χ2v) is 4.48. The van der Waals surface area contributed by atoms with Crippen LogP contribution in [0.5, 0.6) is 0 Å². The van der Waals surface area contributed by atoms with Crippen LogP contribution in [0.25, 0.3) is 0 Å². The smallest absolute Gasteiger partial charge is 0.329 e. The van der Waals surface area contributed by atoms with Crippen LogP contribution in [0.15, 0.2) is 12.3 Å². The maximum absolute atomic E-state index is 11.2. The fraction of sp³-hybridized carbons (Fsp3) is 0.455. The van der Waals surface area contributed by atoms with Crippen molar-refractivity contribution >= 4 is 17.5 Å². The van der Waals surface area contributed by atoms with Gasteiger partial charge in [0, 0.05) is 11.8 Å². The van der Waals surface area contributed by atoms with Crippen molar-refractivity contribution in [3.63, 3.8) is 0 Å². The van der Waals surface area contributed by atoms with E-state index in [1.165, 1.54) is 12.3 Å². The summed E-state index contributed by atoms with van der Waals surface area (Å²) in [6.07, 6.45) is 3.21. The highest BCUT2D eigenvalue weighted by atomic mass is 16.6. The van der Waals surface area contributed by atoms with Crippen molar-refractivity contribution < 1.29 is 14.8 Å². The van der Waals surface area contributed by atoms with Gasteiger partial charge in [0.15, 0.2) is 0 Å². The molecule has 7 heteroatoms. The van der Waals surface area contributed by atoms with Crippen LogP contribution in [0, 0.1) is 17.0 Å². The van der Waals surface area contributed by atoms with Crippen molar-refractivity contribution in [3.8, 4) is 0 Å². The Morgan fingerprint density at radius 2 is 2.28 bits per heavy atom. The molecule has 1 aliphatic rings. The SMILES string of the molecule is Cc1cnc(NC2(C(=O)O)CCC2)cc1[N+](=O)[O-]. The van der Waals surface area contributed by atoms with Crippen molar-refractivity contribution in [2.75, 3.05) is 5.32 Å². The van der Waals surface area contributed by atoms with Crippen LogP contribution in [0.4, 0.5) is 11.5 Å². The minimum Gasteiger partial charge on any atom is -0.480 e. The van der Waals surface area contributed by atoms with Crippen molar-refractivity contribution in [1.29, 1.82) is 0 Å². The zero-order chi connectivity index (χ0) is 13.3. The number of nitrogens with zero attached hydrogens (tertiary/aromatic N) is 2. The average molecular weight is 251 g/mol. The Bertz CT molecular complexity index is 511. The fourth-order valence-electron chi connectivity index (χ4n) is 1.95. The Morgan fingerprint density at radius 1 is 1.61 bits per heavy atom. The summed E-state index contributed by atoms with van der Waals surface area (Å²) in [5.74, 6) is -0.715. The Labute approximate surface area is 103 Å². The molecule has 0 amide bonds. The molecule has 0 atom stereocenters. The summed E-state index contributed by atoms with van der Waals surface area (Å²) in [5, 5.41) is 22.7. The molecule has 96 valence electrons. The van der Waals surface area contributed by atoms with Gasteiger partial charge in [-0.15, -0.1) is 0 Å². The number of hydrogen-bond acceptors (Lipinski definition) is 5. The summed E-state index contributed by atoms with van der Waals surface area (Å²) < 4.78 is 0. The van der Waals surface area contributed by atoms with Crippen molar-refractivity contribution in [1.82, 2.24) is 4.98 Å². The second kappa shape index (κ2) is 4.25. The summed E-state index contributed by atoms with van der Waals surface area (Å²) in [5.41, 5.74) is -0.633. The molecule has 18 heavy (non-hydrogen) atoms. The fourth-order valence-corrected chi connectivity index (χ4v) is 1.95. The van der Waals surface area contributed by atoms with Crippen LogP contribution in [0.3, 0.4) is 0 Å². The number of anilines is 1. The van der Waals surface area contributed by atoms with Gasteiger partial charge in [0.25, 0.3) is 5.69 Å². The number of hydrogen-bond donors (Lipinski definition) is 2. The molecule has 0 bridgehead atoms. The number of pyridine rings is 1. The van der Waals surface area contributed by atoms with Gasteiger partial charge in [0.2, 0.25) is 0 Å². The molecule has 0 saturated heterocycles. The highest BCUT2D eigenvalue weighted by Gasteiger charge is 2.44. The number of carboxylic acid groups (broad SMARTS) is 1. The van der Waals surface area contributed by atoms with E-state index in [0.29, 0.717) is 18.4 Å². The third kappa shape index (κ3) is 1.99. The molecule has 1 saturated carbocycles. The van der Waals surface area contributed by atoms with Gasteiger partial charge in [-0.3, -0.25) is 10.1 Å².